The number of aliphatic hydroxyl groups is 1. The second kappa shape index (κ2) is 6.95. The quantitative estimate of drug-likeness (QED) is 0.684. The molecule has 0 radical (unpaired) electrons. The van der Waals surface area contributed by atoms with E-state index in [0.29, 0.717) is 17.2 Å². The summed E-state index contributed by atoms with van der Waals surface area (Å²) < 4.78 is 25.4. The number of benzene rings is 1. The zero-order valence-electron chi connectivity index (χ0n) is 13.7. The van der Waals surface area contributed by atoms with Crippen LogP contribution in [0.2, 0.25) is 0 Å². The van der Waals surface area contributed by atoms with E-state index in [2.05, 4.69) is 15.4 Å². The molecule has 3 rings (SSSR count). The summed E-state index contributed by atoms with van der Waals surface area (Å²) in [5.74, 6) is 0. The van der Waals surface area contributed by atoms with Gasteiger partial charge in [0.2, 0.25) is 0 Å². The minimum absolute atomic E-state index is 0.230. The second-order valence-electron chi connectivity index (χ2n) is 5.61. The number of nitrogens with zero attached hydrogens (tertiary/aromatic N) is 3. The smallest absolute Gasteiger partial charge is 0.177 e. The van der Waals surface area contributed by atoms with Gasteiger partial charge in [-0.1, -0.05) is 12.1 Å². The van der Waals surface area contributed by atoms with Gasteiger partial charge >= 0.3 is 0 Å². The van der Waals surface area contributed by atoms with Crippen LogP contribution >= 0.6 is 11.3 Å². The van der Waals surface area contributed by atoms with Crippen LogP contribution in [0.4, 0.5) is 5.69 Å². The molecule has 3 aromatic rings. The number of aromatic nitrogens is 3. The summed E-state index contributed by atoms with van der Waals surface area (Å²) in [6, 6.07) is 6.74. The van der Waals surface area contributed by atoms with E-state index < -0.39 is 15.9 Å². The van der Waals surface area contributed by atoms with Gasteiger partial charge in [-0.05, 0) is 19.1 Å². The van der Waals surface area contributed by atoms with E-state index >= 15 is 0 Å². The molecule has 0 saturated carbocycles. The Kier molecular flexibility index (Phi) is 4.89. The van der Waals surface area contributed by atoms with Gasteiger partial charge in [0.1, 0.15) is 11.1 Å². The first-order valence-electron chi connectivity index (χ1n) is 7.55. The zero-order valence-corrected chi connectivity index (χ0v) is 15.4. The number of hydrogen-bond acceptors (Lipinski definition) is 7. The van der Waals surface area contributed by atoms with Gasteiger partial charge in [0.25, 0.3) is 0 Å². The Labute approximate surface area is 149 Å². The Balaban J connectivity index is 1.77. The lowest BCUT2D eigenvalue weighted by Crippen LogP contribution is -2.05. The fourth-order valence-corrected chi connectivity index (χ4v) is 3.95. The molecule has 0 spiro atoms. The first-order chi connectivity index (χ1) is 11.8. The maximum Gasteiger partial charge on any atom is 0.177 e. The monoisotopic (exact) mass is 378 g/mol. The third-order valence-electron chi connectivity index (χ3n) is 3.49. The summed E-state index contributed by atoms with van der Waals surface area (Å²) in [5, 5.41) is 17.6. The van der Waals surface area contributed by atoms with Crippen molar-refractivity contribution in [3.05, 3.63) is 52.7 Å². The predicted molar refractivity (Wildman–Crippen MR) is 96.7 cm³/mol. The Bertz CT molecular complexity index is 977. The number of nitrogens with one attached hydrogen (secondary N) is 1. The molecule has 2 N–H and O–H groups in total. The standard InChI is InChI=1S/C16H18N4O3S2/c1-11(21)16-18-9-13(24-16)8-17-12-7-19-20(10-12)14-5-3-4-6-15(14)25(2,22)23/h3-7,9-11,17,21H,8H2,1-2H3. The average Bonchev–Trinajstić information content (AvgIpc) is 3.21. The minimum atomic E-state index is -3.34. The van der Waals surface area contributed by atoms with E-state index in [1.807, 2.05) is 0 Å². The Morgan fingerprint density at radius 1 is 1.32 bits per heavy atom. The predicted octanol–water partition coefficient (Wildman–Crippen LogP) is 2.40. The van der Waals surface area contributed by atoms with Crippen molar-refractivity contribution in [2.75, 3.05) is 11.6 Å². The van der Waals surface area contributed by atoms with E-state index in [1.165, 1.54) is 22.3 Å². The van der Waals surface area contributed by atoms with Gasteiger partial charge < -0.3 is 10.4 Å². The first kappa shape index (κ1) is 17.6. The highest BCUT2D eigenvalue weighted by atomic mass is 32.2. The number of sulfone groups is 1. The van der Waals surface area contributed by atoms with Crippen molar-refractivity contribution >= 4 is 26.9 Å². The fourth-order valence-electron chi connectivity index (χ4n) is 2.29. The van der Waals surface area contributed by atoms with E-state index in [0.717, 1.165) is 10.6 Å². The topological polar surface area (TPSA) is 97.1 Å². The van der Waals surface area contributed by atoms with E-state index in [-0.39, 0.29) is 4.90 Å². The van der Waals surface area contributed by atoms with Gasteiger partial charge in [0, 0.05) is 17.3 Å². The fraction of sp³-hybridized carbons (Fsp3) is 0.250. The van der Waals surface area contributed by atoms with Crippen LogP contribution in [0.25, 0.3) is 5.69 Å². The zero-order chi connectivity index (χ0) is 18.0. The normalized spacial score (nSPS) is 12.9. The summed E-state index contributed by atoms with van der Waals surface area (Å²) in [5.41, 5.74) is 1.27. The van der Waals surface area contributed by atoms with Crippen molar-refractivity contribution in [3.63, 3.8) is 0 Å². The van der Waals surface area contributed by atoms with Crippen LogP contribution in [0.1, 0.15) is 22.9 Å². The van der Waals surface area contributed by atoms with Gasteiger partial charge in [0.15, 0.2) is 9.84 Å². The highest BCUT2D eigenvalue weighted by Crippen LogP contribution is 2.22. The van der Waals surface area contributed by atoms with Crippen LogP contribution in [0, 0.1) is 0 Å². The van der Waals surface area contributed by atoms with Crippen molar-refractivity contribution in [1.29, 1.82) is 0 Å². The van der Waals surface area contributed by atoms with Crippen LogP contribution in [-0.4, -0.2) is 34.5 Å². The third kappa shape index (κ3) is 4.06. The van der Waals surface area contributed by atoms with E-state index in [4.69, 9.17) is 0 Å². The van der Waals surface area contributed by atoms with Gasteiger partial charge in [-0.3, -0.25) is 0 Å². The molecule has 0 bridgehead atoms. The van der Waals surface area contributed by atoms with Gasteiger partial charge in [0.05, 0.1) is 35.2 Å². The molecule has 2 heterocycles. The molecule has 0 amide bonds. The molecule has 9 heteroatoms. The van der Waals surface area contributed by atoms with Crippen molar-refractivity contribution < 1.29 is 13.5 Å². The molecule has 0 aliphatic carbocycles. The number of anilines is 1. The number of para-hydroxylation sites is 1. The summed E-state index contributed by atoms with van der Waals surface area (Å²) in [6.45, 7) is 2.23. The molecule has 7 nitrogen and oxygen atoms in total. The SMILES string of the molecule is CC(O)c1ncc(CNc2cnn(-c3ccccc3S(C)(=O)=O)c2)s1. The van der Waals surface area contributed by atoms with Crippen molar-refractivity contribution in [2.24, 2.45) is 0 Å². The molecule has 0 fully saturated rings. The van der Waals surface area contributed by atoms with Gasteiger partial charge in [-0.2, -0.15) is 5.10 Å². The number of rotatable bonds is 6. The van der Waals surface area contributed by atoms with Crippen LogP contribution in [0.3, 0.4) is 0 Å². The molecule has 25 heavy (non-hydrogen) atoms. The molecule has 1 unspecified atom stereocenters. The summed E-state index contributed by atoms with van der Waals surface area (Å²) in [6.07, 6.45) is 5.70. The number of thiazole rings is 1. The highest BCUT2D eigenvalue weighted by Gasteiger charge is 2.15. The second-order valence-corrected chi connectivity index (χ2v) is 8.74. The van der Waals surface area contributed by atoms with Crippen LogP contribution in [-0.2, 0) is 16.4 Å². The molecule has 2 aromatic heterocycles. The molecule has 0 aliphatic rings. The molecule has 1 atom stereocenters. The highest BCUT2D eigenvalue weighted by molar-refractivity contribution is 7.90. The van der Waals surface area contributed by atoms with E-state index in [9.17, 15) is 13.5 Å². The van der Waals surface area contributed by atoms with Crippen molar-refractivity contribution in [2.45, 2.75) is 24.5 Å². The number of hydrogen-bond donors (Lipinski definition) is 2. The third-order valence-corrected chi connectivity index (χ3v) is 5.80. The molecular formula is C16H18N4O3S2. The summed E-state index contributed by atoms with van der Waals surface area (Å²) >= 11 is 1.44. The van der Waals surface area contributed by atoms with Crippen LogP contribution in [0.5, 0.6) is 0 Å². The lowest BCUT2D eigenvalue weighted by Gasteiger charge is -2.07. The van der Waals surface area contributed by atoms with Gasteiger partial charge in [-0.15, -0.1) is 11.3 Å². The van der Waals surface area contributed by atoms with Crippen LogP contribution < -0.4 is 5.32 Å². The summed E-state index contributed by atoms with van der Waals surface area (Å²) in [7, 11) is -3.34. The Morgan fingerprint density at radius 2 is 2.08 bits per heavy atom. The molecule has 1 aromatic carbocycles. The maximum absolute atomic E-state index is 11.9. The largest absolute Gasteiger partial charge is 0.386 e. The van der Waals surface area contributed by atoms with E-state index in [1.54, 1.807) is 49.8 Å². The Morgan fingerprint density at radius 3 is 2.76 bits per heavy atom. The van der Waals surface area contributed by atoms with Crippen molar-refractivity contribution in [1.82, 2.24) is 14.8 Å². The number of aliphatic hydroxyl groups excluding tert-OH is 1. The summed E-state index contributed by atoms with van der Waals surface area (Å²) in [4.78, 5) is 5.38. The lowest BCUT2D eigenvalue weighted by molar-refractivity contribution is 0.199. The molecule has 0 saturated heterocycles. The average molecular weight is 378 g/mol. The van der Waals surface area contributed by atoms with Gasteiger partial charge in [-0.25, -0.2) is 18.1 Å². The molecule has 0 aliphatic heterocycles. The minimum Gasteiger partial charge on any atom is -0.386 e. The molecule has 132 valence electrons. The van der Waals surface area contributed by atoms with Crippen LogP contribution in [0.15, 0.2) is 47.8 Å². The first-order valence-corrected chi connectivity index (χ1v) is 10.3. The lowest BCUT2D eigenvalue weighted by atomic mass is 10.3. The molecular weight excluding hydrogens is 360 g/mol. The van der Waals surface area contributed by atoms with Crippen molar-refractivity contribution in [3.8, 4) is 5.69 Å². The maximum atomic E-state index is 11.9. The Hall–Kier alpha value is -2.23.